The van der Waals surface area contributed by atoms with Crippen molar-refractivity contribution in [3.63, 3.8) is 0 Å². The molecule has 0 aliphatic heterocycles. The average Bonchev–Trinajstić information content (AvgIpc) is 3.19. The van der Waals surface area contributed by atoms with Crippen LogP contribution in [0.3, 0.4) is 0 Å². The van der Waals surface area contributed by atoms with Crippen LogP contribution in [0.2, 0.25) is 0 Å². The number of aromatic amines is 1. The van der Waals surface area contributed by atoms with E-state index in [1.54, 1.807) is 14.2 Å². The molecule has 0 aliphatic rings. The van der Waals surface area contributed by atoms with Crippen LogP contribution in [0.5, 0.6) is 11.5 Å². The molecule has 0 bridgehead atoms. The van der Waals surface area contributed by atoms with E-state index in [-0.39, 0.29) is 11.7 Å². The summed E-state index contributed by atoms with van der Waals surface area (Å²) in [7, 11) is 3.21. The standard InChI is InChI=1S/C24H27N5O3S/c1-14(2)16-6-7-18-17(12-16)22-23(26-18)27-24(29-28-22)33-13-21(30)25-10-9-15-5-8-19(31-3)20(11-15)32-4/h5-8,11-12,14H,9-10,13H2,1-4H3,(H,25,30)(H,26,27,29). The quantitative estimate of drug-likeness (QED) is 0.359. The van der Waals surface area contributed by atoms with Gasteiger partial charge in [0.2, 0.25) is 11.1 Å². The van der Waals surface area contributed by atoms with Crippen LogP contribution in [0.1, 0.15) is 30.9 Å². The molecule has 0 spiro atoms. The molecule has 2 aromatic carbocycles. The third-order valence-electron chi connectivity index (χ3n) is 5.40. The Bertz CT molecular complexity index is 1290. The van der Waals surface area contributed by atoms with E-state index in [2.05, 4.69) is 51.5 Å². The van der Waals surface area contributed by atoms with E-state index in [1.165, 1.54) is 17.3 Å². The number of nitrogens with zero attached hydrogens (tertiary/aromatic N) is 3. The summed E-state index contributed by atoms with van der Waals surface area (Å²) in [6.07, 6.45) is 0.689. The number of carbonyl (C=O) groups excluding carboxylic acids is 1. The zero-order valence-corrected chi connectivity index (χ0v) is 20.0. The molecule has 2 heterocycles. The summed E-state index contributed by atoms with van der Waals surface area (Å²) < 4.78 is 10.6. The molecule has 9 heteroatoms. The van der Waals surface area contributed by atoms with Crippen molar-refractivity contribution in [2.24, 2.45) is 0 Å². The number of fused-ring (bicyclic) bond motifs is 3. The normalized spacial score (nSPS) is 11.3. The van der Waals surface area contributed by atoms with Gasteiger partial charge >= 0.3 is 0 Å². The van der Waals surface area contributed by atoms with Crippen molar-refractivity contribution in [1.29, 1.82) is 0 Å². The van der Waals surface area contributed by atoms with Gasteiger partial charge < -0.3 is 19.8 Å². The molecule has 8 nitrogen and oxygen atoms in total. The van der Waals surface area contributed by atoms with E-state index in [9.17, 15) is 4.79 Å². The second-order valence-electron chi connectivity index (χ2n) is 7.95. The molecule has 0 saturated heterocycles. The maximum absolute atomic E-state index is 12.3. The molecule has 0 atom stereocenters. The topological polar surface area (TPSA) is 102 Å². The molecule has 2 N–H and O–H groups in total. The smallest absolute Gasteiger partial charge is 0.230 e. The molecule has 0 fully saturated rings. The number of nitrogens with one attached hydrogen (secondary N) is 2. The van der Waals surface area contributed by atoms with Crippen LogP contribution < -0.4 is 14.8 Å². The van der Waals surface area contributed by atoms with Crippen LogP contribution in [0.25, 0.3) is 22.1 Å². The van der Waals surface area contributed by atoms with E-state index < -0.39 is 0 Å². The highest BCUT2D eigenvalue weighted by Crippen LogP contribution is 2.28. The molecule has 1 amide bonds. The van der Waals surface area contributed by atoms with Crippen molar-refractivity contribution in [1.82, 2.24) is 25.5 Å². The zero-order valence-electron chi connectivity index (χ0n) is 19.1. The highest BCUT2D eigenvalue weighted by Gasteiger charge is 2.12. The lowest BCUT2D eigenvalue weighted by atomic mass is 10.0. The van der Waals surface area contributed by atoms with Crippen LogP contribution in [0, 0.1) is 0 Å². The monoisotopic (exact) mass is 465 g/mol. The number of benzene rings is 2. The second kappa shape index (κ2) is 10.1. The number of hydrogen-bond acceptors (Lipinski definition) is 7. The van der Waals surface area contributed by atoms with Gasteiger partial charge in [0, 0.05) is 17.4 Å². The summed E-state index contributed by atoms with van der Waals surface area (Å²) >= 11 is 1.27. The minimum Gasteiger partial charge on any atom is -0.493 e. The van der Waals surface area contributed by atoms with Crippen LogP contribution in [-0.2, 0) is 11.2 Å². The average molecular weight is 466 g/mol. The van der Waals surface area contributed by atoms with Crippen molar-refractivity contribution in [2.45, 2.75) is 31.3 Å². The van der Waals surface area contributed by atoms with Gasteiger partial charge in [0.1, 0.15) is 5.52 Å². The van der Waals surface area contributed by atoms with Crippen LogP contribution in [0.15, 0.2) is 41.6 Å². The van der Waals surface area contributed by atoms with E-state index in [1.807, 2.05) is 24.3 Å². The third-order valence-corrected chi connectivity index (χ3v) is 6.24. The van der Waals surface area contributed by atoms with Crippen molar-refractivity contribution in [3.8, 4) is 11.5 Å². The van der Waals surface area contributed by atoms with Gasteiger partial charge in [0.05, 0.1) is 20.0 Å². The number of methoxy groups -OCH3 is 2. The van der Waals surface area contributed by atoms with Gasteiger partial charge in [-0.1, -0.05) is 37.7 Å². The number of aromatic nitrogens is 4. The fraction of sp³-hybridized carbons (Fsp3) is 0.333. The lowest BCUT2D eigenvalue weighted by Gasteiger charge is -2.10. The molecule has 0 saturated carbocycles. The van der Waals surface area contributed by atoms with Crippen molar-refractivity contribution >= 4 is 39.7 Å². The number of ether oxygens (including phenoxy) is 2. The summed E-state index contributed by atoms with van der Waals surface area (Å²) in [5.74, 6) is 1.93. The highest BCUT2D eigenvalue weighted by atomic mass is 32.2. The lowest BCUT2D eigenvalue weighted by Crippen LogP contribution is -2.27. The van der Waals surface area contributed by atoms with Gasteiger partial charge in [-0.25, -0.2) is 4.98 Å². The Kier molecular flexibility index (Phi) is 6.98. The van der Waals surface area contributed by atoms with Crippen molar-refractivity contribution in [2.75, 3.05) is 26.5 Å². The summed E-state index contributed by atoms with van der Waals surface area (Å²) in [6, 6.07) is 12.0. The lowest BCUT2D eigenvalue weighted by molar-refractivity contribution is -0.118. The Morgan fingerprint density at radius 2 is 1.91 bits per heavy atom. The van der Waals surface area contributed by atoms with Gasteiger partial charge in [-0.05, 0) is 47.7 Å². The Labute approximate surface area is 196 Å². The minimum absolute atomic E-state index is 0.0811. The van der Waals surface area contributed by atoms with Crippen LogP contribution in [0.4, 0.5) is 0 Å². The van der Waals surface area contributed by atoms with E-state index in [4.69, 9.17) is 9.47 Å². The fourth-order valence-electron chi connectivity index (χ4n) is 3.56. The highest BCUT2D eigenvalue weighted by molar-refractivity contribution is 7.99. The fourth-order valence-corrected chi connectivity index (χ4v) is 4.17. The van der Waals surface area contributed by atoms with Crippen LogP contribution in [-0.4, -0.2) is 52.6 Å². The van der Waals surface area contributed by atoms with Gasteiger partial charge in [0.15, 0.2) is 17.1 Å². The van der Waals surface area contributed by atoms with Gasteiger partial charge in [-0.2, -0.15) is 0 Å². The van der Waals surface area contributed by atoms with E-state index >= 15 is 0 Å². The first-order valence-electron chi connectivity index (χ1n) is 10.7. The third kappa shape index (κ3) is 5.19. The maximum atomic E-state index is 12.3. The summed E-state index contributed by atoms with van der Waals surface area (Å²) in [6.45, 7) is 4.84. The Hall–Kier alpha value is -3.33. The number of H-pyrrole nitrogens is 1. The zero-order chi connectivity index (χ0) is 23.4. The predicted molar refractivity (Wildman–Crippen MR) is 130 cm³/mol. The molecule has 0 unspecified atom stereocenters. The molecule has 4 rings (SSSR count). The summed E-state index contributed by atoms with van der Waals surface area (Å²) in [4.78, 5) is 20.1. The number of carbonyl (C=O) groups is 1. The first-order valence-corrected chi connectivity index (χ1v) is 11.7. The molecule has 33 heavy (non-hydrogen) atoms. The molecular formula is C24H27N5O3S. The predicted octanol–water partition coefficient (Wildman–Crippen LogP) is 4.10. The van der Waals surface area contributed by atoms with Crippen LogP contribution >= 0.6 is 11.8 Å². The number of amides is 1. The van der Waals surface area contributed by atoms with Gasteiger partial charge in [0.25, 0.3) is 0 Å². The van der Waals surface area contributed by atoms with Gasteiger partial charge in [-0.3, -0.25) is 4.79 Å². The number of hydrogen-bond donors (Lipinski definition) is 2. The molecular weight excluding hydrogens is 438 g/mol. The SMILES string of the molecule is COc1ccc(CCNC(=O)CSc2nnc3c(n2)[nH]c2ccc(C(C)C)cc23)cc1OC. The Balaban J connectivity index is 1.33. The van der Waals surface area contributed by atoms with Crippen molar-refractivity contribution < 1.29 is 14.3 Å². The van der Waals surface area contributed by atoms with Crippen molar-refractivity contribution in [3.05, 3.63) is 47.5 Å². The molecule has 2 aromatic heterocycles. The summed E-state index contributed by atoms with van der Waals surface area (Å²) in [5.41, 5.74) is 4.70. The summed E-state index contributed by atoms with van der Waals surface area (Å²) in [5, 5.41) is 13.0. The molecule has 0 aliphatic carbocycles. The maximum Gasteiger partial charge on any atom is 0.230 e. The largest absolute Gasteiger partial charge is 0.493 e. The Morgan fingerprint density at radius 1 is 1.09 bits per heavy atom. The molecule has 4 aromatic rings. The second-order valence-corrected chi connectivity index (χ2v) is 8.90. The first kappa shape index (κ1) is 22.8. The minimum atomic E-state index is -0.0811. The number of thioether (sulfide) groups is 1. The molecule has 0 radical (unpaired) electrons. The first-order chi connectivity index (χ1) is 16.0. The van der Waals surface area contributed by atoms with E-state index in [0.717, 1.165) is 22.0 Å². The number of rotatable bonds is 9. The van der Waals surface area contributed by atoms with Gasteiger partial charge in [-0.15, -0.1) is 10.2 Å². The van der Waals surface area contributed by atoms with E-state index in [0.29, 0.717) is 41.2 Å². The molecule has 172 valence electrons. The Morgan fingerprint density at radius 3 is 2.67 bits per heavy atom.